The van der Waals surface area contributed by atoms with Gasteiger partial charge in [-0.3, -0.25) is 9.59 Å². The number of benzene rings is 3. The molecule has 3 rings (SSSR count). The molecule has 0 spiro atoms. The van der Waals surface area contributed by atoms with Crippen molar-refractivity contribution in [1.29, 1.82) is 0 Å². The predicted octanol–water partition coefficient (Wildman–Crippen LogP) is 6.38. The SMILES string of the molecule is CC(=O)c1c(F)c(F)c(Sc2c(F)c(F)c(C(=O)c3ccccc3)c(F)c2F)c(F)c1F. The minimum absolute atomic E-state index is 0.314. The number of ketones is 2. The van der Waals surface area contributed by atoms with Crippen LogP contribution in [0.4, 0.5) is 35.1 Å². The van der Waals surface area contributed by atoms with Crippen molar-refractivity contribution >= 4 is 23.3 Å². The van der Waals surface area contributed by atoms with Gasteiger partial charge in [-0.2, -0.15) is 0 Å². The van der Waals surface area contributed by atoms with Gasteiger partial charge in [-0.1, -0.05) is 42.1 Å². The summed E-state index contributed by atoms with van der Waals surface area (Å²) in [5.74, 6) is -20.3. The highest BCUT2D eigenvalue weighted by Crippen LogP contribution is 2.40. The summed E-state index contributed by atoms with van der Waals surface area (Å²) in [6, 6.07) is 6.33. The number of carbonyl (C=O) groups is 2. The van der Waals surface area contributed by atoms with E-state index in [0.29, 0.717) is 6.92 Å². The monoisotopic (exact) mass is 476 g/mol. The van der Waals surface area contributed by atoms with Crippen LogP contribution in [-0.2, 0) is 0 Å². The molecule has 0 fully saturated rings. The molecule has 2 nitrogen and oxygen atoms in total. The second-order valence-corrected chi connectivity index (χ2v) is 7.29. The zero-order valence-electron chi connectivity index (χ0n) is 15.6. The van der Waals surface area contributed by atoms with Crippen LogP contribution in [-0.4, -0.2) is 11.6 Å². The van der Waals surface area contributed by atoms with Crippen molar-refractivity contribution in [3.05, 3.63) is 93.6 Å². The van der Waals surface area contributed by atoms with Crippen molar-refractivity contribution in [2.24, 2.45) is 0 Å². The number of halogens is 8. The van der Waals surface area contributed by atoms with Gasteiger partial charge in [0.25, 0.3) is 0 Å². The predicted molar refractivity (Wildman–Crippen MR) is 96.6 cm³/mol. The lowest BCUT2D eigenvalue weighted by atomic mass is 10.0. The third kappa shape index (κ3) is 3.77. The molecule has 32 heavy (non-hydrogen) atoms. The Hall–Kier alpha value is -3.21. The summed E-state index contributed by atoms with van der Waals surface area (Å²) in [4.78, 5) is 20.1. The van der Waals surface area contributed by atoms with Gasteiger partial charge in [-0.05, 0) is 6.92 Å². The van der Waals surface area contributed by atoms with E-state index in [-0.39, 0.29) is 5.56 Å². The fraction of sp³-hybridized carbons (Fsp3) is 0.0476. The van der Waals surface area contributed by atoms with Crippen molar-refractivity contribution in [3.63, 3.8) is 0 Å². The zero-order valence-corrected chi connectivity index (χ0v) is 16.5. The average Bonchev–Trinajstić information content (AvgIpc) is 2.76. The molecule has 0 saturated heterocycles. The van der Waals surface area contributed by atoms with Gasteiger partial charge in [-0.15, -0.1) is 0 Å². The van der Waals surface area contributed by atoms with Crippen LogP contribution in [0.2, 0.25) is 0 Å². The minimum atomic E-state index is -2.22. The molecule has 0 aliphatic rings. The molecule has 0 aliphatic heterocycles. The molecule has 0 atom stereocenters. The van der Waals surface area contributed by atoms with Crippen LogP contribution in [0.3, 0.4) is 0 Å². The Kier molecular flexibility index (Phi) is 6.40. The van der Waals surface area contributed by atoms with Crippen LogP contribution in [0.25, 0.3) is 0 Å². The molecule has 3 aromatic rings. The van der Waals surface area contributed by atoms with E-state index in [1.807, 2.05) is 0 Å². The van der Waals surface area contributed by atoms with Crippen molar-refractivity contribution in [3.8, 4) is 0 Å². The highest BCUT2D eigenvalue weighted by atomic mass is 32.2. The lowest BCUT2D eigenvalue weighted by Gasteiger charge is -2.13. The second-order valence-electron chi connectivity index (χ2n) is 6.27. The molecule has 166 valence electrons. The summed E-state index contributed by atoms with van der Waals surface area (Å²) >= 11 is -0.695. The van der Waals surface area contributed by atoms with Crippen molar-refractivity contribution in [2.45, 2.75) is 16.7 Å². The van der Waals surface area contributed by atoms with E-state index in [1.54, 1.807) is 0 Å². The Labute approximate surface area is 178 Å². The van der Waals surface area contributed by atoms with Crippen molar-refractivity contribution in [2.75, 3.05) is 0 Å². The third-order valence-electron chi connectivity index (χ3n) is 4.27. The van der Waals surface area contributed by atoms with Crippen LogP contribution < -0.4 is 0 Å². The fourth-order valence-corrected chi connectivity index (χ4v) is 3.67. The largest absolute Gasteiger partial charge is 0.294 e. The molecule has 0 N–H and O–H groups in total. The Morgan fingerprint density at radius 3 is 1.34 bits per heavy atom. The molecule has 0 aliphatic carbocycles. The van der Waals surface area contributed by atoms with Crippen LogP contribution in [0.15, 0.2) is 40.1 Å². The Morgan fingerprint density at radius 2 is 0.969 bits per heavy atom. The van der Waals surface area contributed by atoms with Gasteiger partial charge >= 0.3 is 0 Å². The van der Waals surface area contributed by atoms with E-state index in [4.69, 9.17) is 0 Å². The van der Waals surface area contributed by atoms with Gasteiger partial charge in [0.15, 0.2) is 58.1 Å². The molecular formula is C21H8F8O2S. The molecule has 3 aromatic carbocycles. The topological polar surface area (TPSA) is 34.1 Å². The highest BCUT2D eigenvalue weighted by Gasteiger charge is 2.33. The number of rotatable bonds is 5. The molecule has 11 heteroatoms. The van der Waals surface area contributed by atoms with E-state index >= 15 is 0 Å². The average molecular weight is 476 g/mol. The number of Topliss-reactive ketones (excluding diaryl/α,β-unsaturated/α-hetero) is 1. The smallest absolute Gasteiger partial charge is 0.199 e. The lowest BCUT2D eigenvalue weighted by Crippen LogP contribution is -2.13. The van der Waals surface area contributed by atoms with Gasteiger partial charge in [-0.25, -0.2) is 35.1 Å². The number of hydrogen-bond acceptors (Lipinski definition) is 3. The summed E-state index contributed by atoms with van der Waals surface area (Å²) in [6.07, 6.45) is 0. The maximum absolute atomic E-state index is 14.5. The molecule has 0 radical (unpaired) electrons. The first-order valence-electron chi connectivity index (χ1n) is 8.49. The maximum Gasteiger partial charge on any atom is 0.199 e. The van der Waals surface area contributed by atoms with Gasteiger partial charge in [0.1, 0.15) is 5.56 Å². The molecule has 0 amide bonds. The number of hydrogen-bond donors (Lipinski definition) is 0. The molecular weight excluding hydrogens is 468 g/mol. The van der Waals surface area contributed by atoms with Gasteiger partial charge < -0.3 is 0 Å². The van der Waals surface area contributed by atoms with E-state index < -0.39 is 90.8 Å². The van der Waals surface area contributed by atoms with Gasteiger partial charge in [0, 0.05) is 5.56 Å². The number of carbonyl (C=O) groups excluding carboxylic acids is 2. The van der Waals surface area contributed by atoms with Crippen LogP contribution in [0.5, 0.6) is 0 Å². The quantitative estimate of drug-likeness (QED) is 0.243. The second kappa shape index (κ2) is 8.73. The molecule has 0 aromatic heterocycles. The van der Waals surface area contributed by atoms with Gasteiger partial charge in [0.05, 0.1) is 15.4 Å². The standard InChI is InChI=1S/C21H8F8O2S/c1-7(30)9-11(22)15(26)20(16(27)12(9)23)32-21-17(28)13(24)10(14(25)18(21)29)19(31)8-5-3-2-4-6-8/h2-6H,1H3. The molecule has 0 saturated carbocycles. The minimum Gasteiger partial charge on any atom is -0.294 e. The molecule has 0 unspecified atom stereocenters. The first kappa shape index (κ1) is 23.5. The Balaban J connectivity index is 2.18. The normalized spacial score (nSPS) is 11.0. The first-order valence-corrected chi connectivity index (χ1v) is 9.31. The Morgan fingerprint density at radius 1 is 0.594 bits per heavy atom. The van der Waals surface area contributed by atoms with Crippen molar-refractivity contribution in [1.82, 2.24) is 0 Å². The first-order chi connectivity index (χ1) is 15.0. The van der Waals surface area contributed by atoms with E-state index in [9.17, 15) is 44.7 Å². The summed E-state index contributed by atoms with van der Waals surface area (Å²) in [6.45, 7) is 0.611. The van der Waals surface area contributed by atoms with Crippen LogP contribution >= 0.6 is 11.8 Å². The summed E-state index contributed by atoms with van der Waals surface area (Å²) in [7, 11) is 0. The molecule has 0 heterocycles. The van der Waals surface area contributed by atoms with Crippen LogP contribution in [0.1, 0.15) is 33.2 Å². The summed E-state index contributed by atoms with van der Waals surface area (Å²) < 4.78 is 114. The fourth-order valence-electron chi connectivity index (χ4n) is 2.75. The van der Waals surface area contributed by atoms with Gasteiger partial charge in [0.2, 0.25) is 0 Å². The van der Waals surface area contributed by atoms with Crippen molar-refractivity contribution < 1.29 is 44.7 Å². The van der Waals surface area contributed by atoms with Crippen LogP contribution in [0, 0.1) is 46.5 Å². The summed E-state index contributed by atoms with van der Waals surface area (Å²) in [5.41, 5.74) is -3.50. The third-order valence-corrected chi connectivity index (χ3v) is 5.39. The van der Waals surface area contributed by atoms with E-state index in [0.717, 1.165) is 12.1 Å². The highest BCUT2D eigenvalue weighted by molar-refractivity contribution is 7.99. The Bertz CT molecular complexity index is 1220. The van der Waals surface area contributed by atoms with E-state index in [2.05, 4.69) is 0 Å². The maximum atomic E-state index is 14.5. The summed E-state index contributed by atoms with van der Waals surface area (Å²) in [5, 5.41) is 0. The molecule has 0 bridgehead atoms. The lowest BCUT2D eigenvalue weighted by molar-refractivity contribution is 0.0999. The van der Waals surface area contributed by atoms with E-state index in [1.165, 1.54) is 18.2 Å². The zero-order chi connectivity index (χ0) is 23.9.